The monoisotopic (exact) mass is 413 g/mol. The minimum atomic E-state index is 1.02. The second-order valence-corrected chi connectivity index (χ2v) is 8.25. The number of hydrogen-bond acceptors (Lipinski definition) is 2. The molecule has 0 aromatic heterocycles. The molecule has 3 rings (SSSR count). The van der Waals surface area contributed by atoms with Gasteiger partial charge in [-0.25, -0.2) is 0 Å². The lowest BCUT2D eigenvalue weighted by Gasteiger charge is -2.24. The summed E-state index contributed by atoms with van der Waals surface area (Å²) in [6.45, 7) is 19.6. The third-order valence-electron chi connectivity index (χ3n) is 6.42. The smallest absolute Gasteiger partial charge is 0.0369 e. The zero-order valence-electron chi connectivity index (χ0n) is 20.3. The number of rotatable bonds is 8. The van der Waals surface area contributed by atoms with E-state index in [9.17, 15) is 0 Å². The summed E-state index contributed by atoms with van der Waals surface area (Å²) < 4.78 is 0. The molecule has 0 spiro atoms. The highest BCUT2D eigenvalue weighted by Gasteiger charge is 2.16. The Bertz CT molecular complexity index is 1030. The van der Waals surface area contributed by atoms with Gasteiger partial charge in [0.15, 0.2) is 0 Å². The normalized spacial score (nSPS) is 10.9. The summed E-state index contributed by atoms with van der Waals surface area (Å²) in [6.07, 6.45) is 0. The van der Waals surface area contributed by atoms with Crippen LogP contribution in [0.2, 0.25) is 0 Å². The van der Waals surface area contributed by atoms with Crippen LogP contribution in [0.25, 0.3) is 22.3 Å². The van der Waals surface area contributed by atoms with Gasteiger partial charge in [0.05, 0.1) is 0 Å². The number of nitrogens with zero attached hydrogens (tertiary/aromatic N) is 2. The molecule has 0 saturated heterocycles. The van der Waals surface area contributed by atoms with Gasteiger partial charge < -0.3 is 9.80 Å². The van der Waals surface area contributed by atoms with Crippen LogP contribution in [0.15, 0.2) is 48.5 Å². The fourth-order valence-electron chi connectivity index (χ4n) is 4.59. The topological polar surface area (TPSA) is 6.48 Å². The first-order valence-electron chi connectivity index (χ1n) is 11.7. The molecular weight excluding hydrogens is 376 g/mol. The van der Waals surface area contributed by atoms with E-state index in [2.05, 4.69) is 113 Å². The van der Waals surface area contributed by atoms with Crippen molar-refractivity contribution in [3.05, 3.63) is 71.3 Å². The molecule has 3 aromatic rings. The SMILES string of the molecule is CCN(CC)c1ccc(-c2[c]ccc(C)c2-c2ccc(N(CC)CC)cc2C)c(C)c1. The van der Waals surface area contributed by atoms with Crippen molar-refractivity contribution in [2.24, 2.45) is 0 Å². The van der Waals surface area contributed by atoms with Gasteiger partial charge in [0.25, 0.3) is 0 Å². The summed E-state index contributed by atoms with van der Waals surface area (Å²) in [5, 5.41) is 0. The van der Waals surface area contributed by atoms with E-state index >= 15 is 0 Å². The molecule has 2 nitrogen and oxygen atoms in total. The van der Waals surface area contributed by atoms with Gasteiger partial charge in [0.1, 0.15) is 0 Å². The predicted molar refractivity (Wildman–Crippen MR) is 137 cm³/mol. The Morgan fingerprint density at radius 2 is 1.10 bits per heavy atom. The fraction of sp³-hybridized carbons (Fsp3) is 0.379. The fourth-order valence-corrected chi connectivity index (χ4v) is 4.59. The van der Waals surface area contributed by atoms with Gasteiger partial charge in [-0.05, 0) is 118 Å². The Morgan fingerprint density at radius 3 is 1.55 bits per heavy atom. The third kappa shape index (κ3) is 4.63. The largest absolute Gasteiger partial charge is 0.372 e. The summed E-state index contributed by atoms with van der Waals surface area (Å²) in [4.78, 5) is 4.80. The second-order valence-electron chi connectivity index (χ2n) is 8.25. The van der Waals surface area contributed by atoms with E-state index in [0.29, 0.717) is 0 Å². The number of benzene rings is 3. The second kappa shape index (κ2) is 10.0. The lowest BCUT2D eigenvalue weighted by molar-refractivity contribution is 0.865. The first kappa shape index (κ1) is 22.9. The molecular formula is C29H37N2. The van der Waals surface area contributed by atoms with Crippen molar-refractivity contribution >= 4 is 11.4 Å². The van der Waals surface area contributed by atoms with Crippen LogP contribution in [0.3, 0.4) is 0 Å². The van der Waals surface area contributed by atoms with Crippen LogP contribution >= 0.6 is 0 Å². The molecule has 0 aliphatic rings. The van der Waals surface area contributed by atoms with E-state index in [1.54, 1.807) is 0 Å². The van der Waals surface area contributed by atoms with Crippen LogP contribution < -0.4 is 9.80 Å². The Balaban J connectivity index is 2.12. The lowest BCUT2D eigenvalue weighted by atomic mass is 9.87. The molecule has 2 heteroatoms. The first-order valence-corrected chi connectivity index (χ1v) is 11.7. The quantitative estimate of drug-likeness (QED) is 0.379. The molecule has 0 heterocycles. The lowest BCUT2D eigenvalue weighted by Crippen LogP contribution is -2.21. The number of aryl methyl sites for hydroxylation is 3. The van der Waals surface area contributed by atoms with Crippen molar-refractivity contribution in [1.29, 1.82) is 0 Å². The zero-order chi connectivity index (χ0) is 22.5. The van der Waals surface area contributed by atoms with E-state index in [1.165, 1.54) is 50.3 Å². The molecule has 0 fully saturated rings. The van der Waals surface area contributed by atoms with Crippen LogP contribution in [0, 0.1) is 26.8 Å². The van der Waals surface area contributed by atoms with Crippen molar-refractivity contribution < 1.29 is 0 Å². The van der Waals surface area contributed by atoms with Crippen LogP contribution in [0.5, 0.6) is 0 Å². The first-order chi connectivity index (χ1) is 14.9. The zero-order valence-corrected chi connectivity index (χ0v) is 20.3. The molecule has 0 atom stereocenters. The molecule has 0 unspecified atom stereocenters. The Kier molecular flexibility index (Phi) is 7.43. The summed E-state index contributed by atoms with van der Waals surface area (Å²) in [6, 6.07) is 21.5. The number of anilines is 2. The van der Waals surface area contributed by atoms with Crippen molar-refractivity contribution in [2.75, 3.05) is 36.0 Å². The van der Waals surface area contributed by atoms with Crippen molar-refractivity contribution in [2.45, 2.75) is 48.5 Å². The summed E-state index contributed by atoms with van der Waals surface area (Å²) in [7, 11) is 0. The average Bonchev–Trinajstić information content (AvgIpc) is 2.76. The maximum atomic E-state index is 3.57. The maximum absolute atomic E-state index is 3.57. The Hall–Kier alpha value is -2.74. The van der Waals surface area contributed by atoms with Gasteiger partial charge in [0, 0.05) is 37.6 Å². The minimum Gasteiger partial charge on any atom is -0.372 e. The van der Waals surface area contributed by atoms with E-state index in [0.717, 1.165) is 26.2 Å². The molecule has 0 aliphatic carbocycles. The van der Waals surface area contributed by atoms with E-state index in [-0.39, 0.29) is 0 Å². The predicted octanol–water partition coefficient (Wildman–Crippen LogP) is 7.44. The van der Waals surface area contributed by atoms with E-state index < -0.39 is 0 Å². The third-order valence-corrected chi connectivity index (χ3v) is 6.42. The molecule has 3 aromatic carbocycles. The van der Waals surface area contributed by atoms with Gasteiger partial charge >= 0.3 is 0 Å². The van der Waals surface area contributed by atoms with Crippen molar-refractivity contribution in [3.63, 3.8) is 0 Å². The molecule has 163 valence electrons. The van der Waals surface area contributed by atoms with E-state index in [1.807, 2.05) is 0 Å². The summed E-state index contributed by atoms with van der Waals surface area (Å²) >= 11 is 0. The van der Waals surface area contributed by atoms with Crippen molar-refractivity contribution in [1.82, 2.24) is 0 Å². The highest BCUT2D eigenvalue weighted by atomic mass is 15.1. The Labute approximate surface area is 189 Å². The van der Waals surface area contributed by atoms with Gasteiger partial charge in [0.2, 0.25) is 0 Å². The average molecular weight is 414 g/mol. The van der Waals surface area contributed by atoms with Crippen LogP contribution in [-0.4, -0.2) is 26.2 Å². The van der Waals surface area contributed by atoms with Crippen LogP contribution in [-0.2, 0) is 0 Å². The van der Waals surface area contributed by atoms with Crippen LogP contribution in [0.1, 0.15) is 44.4 Å². The molecule has 0 bridgehead atoms. The van der Waals surface area contributed by atoms with Gasteiger partial charge in [-0.1, -0.05) is 24.3 Å². The highest BCUT2D eigenvalue weighted by Crippen LogP contribution is 2.39. The van der Waals surface area contributed by atoms with Gasteiger partial charge in [-0.2, -0.15) is 0 Å². The van der Waals surface area contributed by atoms with E-state index in [4.69, 9.17) is 0 Å². The Morgan fingerprint density at radius 1 is 0.613 bits per heavy atom. The summed E-state index contributed by atoms with van der Waals surface area (Å²) in [5.74, 6) is 0. The molecule has 0 saturated carbocycles. The van der Waals surface area contributed by atoms with Gasteiger partial charge in [-0.3, -0.25) is 0 Å². The number of hydrogen-bond donors (Lipinski definition) is 0. The molecule has 0 aliphatic heterocycles. The van der Waals surface area contributed by atoms with Crippen molar-refractivity contribution in [3.8, 4) is 22.3 Å². The maximum Gasteiger partial charge on any atom is 0.0369 e. The minimum absolute atomic E-state index is 1.02. The standard InChI is InChI=1S/C29H37N2/c1-8-30(9-2)24-15-17-26(22(6)19-24)28-14-12-13-21(5)29(28)27-18-16-25(20-23(27)7)31(10-3)11-4/h12-13,15-20H,8-11H2,1-7H3. The molecule has 0 N–H and O–H groups in total. The van der Waals surface area contributed by atoms with Gasteiger partial charge in [-0.15, -0.1) is 0 Å². The van der Waals surface area contributed by atoms with Crippen LogP contribution in [0.4, 0.5) is 11.4 Å². The molecule has 31 heavy (non-hydrogen) atoms. The molecule has 1 radical (unpaired) electrons. The highest BCUT2D eigenvalue weighted by molar-refractivity contribution is 5.88. The molecule has 0 amide bonds. The summed E-state index contributed by atoms with van der Waals surface area (Å²) in [5.41, 5.74) is 11.5.